The molecular weight excluding hydrogens is 291 g/mol. The minimum absolute atomic E-state index is 0.0338. The summed E-state index contributed by atoms with van der Waals surface area (Å²) < 4.78 is 38.3. The average Bonchev–Trinajstić information content (AvgIpc) is 2.40. The van der Waals surface area contributed by atoms with Crippen LogP contribution in [0.5, 0.6) is 0 Å². The highest BCUT2D eigenvalue weighted by atomic mass is 35.5. The molecule has 20 heavy (non-hydrogen) atoms. The van der Waals surface area contributed by atoms with Crippen LogP contribution in [0.4, 0.5) is 24.5 Å². The maximum Gasteiger partial charge on any atom is 0.416 e. The lowest BCUT2D eigenvalue weighted by atomic mass is 10.1. The molecule has 3 nitrogen and oxygen atoms in total. The molecule has 0 aromatic heterocycles. The van der Waals surface area contributed by atoms with Crippen LogP contribution < -0.4 is 10.6 Å². The molecule has 0 amide bonds. The van der Waals surface area contributed by atoms with Gasteiger partial charge in [-0.1, -0.05) is 0 Å². The third kappa shape index (κ3) is 4.03. The lowest BCUT2D eigenvalue weighted by Gasteiger charge is -2.23. The molecule has 0 saturated carbocycles. The van der Waals surface area contributed by atoms with Gasteiger partial charge in [0.05, 0.1) is 22.8 Å². The Labute approximate surface area is 121 Å². The van der Waals surface area contributed by atoms with Gasteiger partial charge in [-0.15, -0.1) is 11.6 Å². The Bertz CT molecular complexity index is 482. The van der Waals surface area contributed by atoms with Crippen molar-refractivity contribution in [2.24, 2.45) is 10.7 Å². The van der Waals surface area contributed by atoms with Crippen molar-refractivity contribution in [2.75, 3.05) is 23.9 Å². The highest BCUT2D eigenvalue weighted by Gasteiger charge is 2.31. The van der Waals surface area contributed by atoms with Gasteiger partial charge in [-0.05, 0) is 32.0 Å². The van der Waals surface area contributed by atoms with E-state index in [1.54, 1.807) is 0 Å². The van der Waals surface area contributed by atoms with E-state index in [0.29, 0.717) is 18.8 Å². The van der Waals surface area contributed by atoms with E-state index in [-0.39, 0.29) is 17.4 Å². The standard InChI is InChI=1S/C13H17ClF3N3/c1-3-20(4-2)11-6-5-9(13(15,16)17)7-10(11)19-12(18)8-14/h5-7H,3-4,8H2,1-2H3,(H2,18,19). The molecule has 0 fully saturated rings. The topological polar surface area (TPSA) is 41.6 Å². The number of nitrogens with two attached hydrogens (primary N) is 1. The molecule has 7 heteroatoms. The van der Waals surface area contributed by atoms with Crippen molar-refractivity contribution in [1.82, 2.24) is 0 Å². The van der Waals surface area contributed by atoms with Crippen molar-refractivity contribution in [1.29, 1.82) is 0 Å². The Kier molecular flexibility index (Phi) is 5.68. The van der Waals surface area contributed by atoms with Gasteiger partial charge in [0.1, 0.15) is 5.84 Å². The molecule has 0 unspecified atom stereocenters. The first-order chi connectivity index (χ1) is 9.33. The third-order valence-corrected chi connectivity index (χ3v) is 3.08. The summed E-state index contributed by atoms with van der Waals surface area (Å²) in [7, 11) is 0. The molecule has 0 spiro atoms. The molecule has 1 aromatic rings. The van der Waals surface area contributed by atoms with Gasteiger partial charge >= 0.3 is 6.18 Å². The van der Waals surface area contributed by atoms with Gasteiger partial charge in [0, 0.05) is 13.1 Å². The van der Waals surface area contributed by atoms with Gasteiger partial charge in [-0.2, -0.15) is 13.2 Å². The van der Waals surface area contributed by atoms with Crippen LogP contribution in [0.3, 0.4) is 0 Å². The molecule has 1 rings (SSSR count). The molecule has 2 N–H and O–H groups in total. The highest BCUT2D eigenvalue weighted by Crippen LogP contribution is 2.36. The molecule has 0 atom stereocenters. The van der Waals surface area contributed by atoms with E-state index in [1.165, 1.54) is 6.07 Å². The smallest absolute Gasteiger partial charge is 0.386 e. The molecule has 0 saturated heterocycles. The van der Waals surface area contributed by atoms with E-state index >= 15 is 0 Å². The zero-order valence-corrected chi connectivity index (χ0v) is 12.1. The third-order valence-electron chi connectivity index (χ3n) is 2.81. The van der Waals surface area contributed by atoms with Crippen LogP contribution in [-0.2, 0) is 6.18 Å². The summed E-state index contributed by atoms with van der Waals surface area (Å²) in [6, 6.07) is 3.45. The number of benzene rings is 1. The molecule has 0 radical (unpaired) electrons. The number of rotatable bonds is 5. The number of anilines is 1. The minimum Gasteiger partial charge on any atom is -0.386 e. The first kappa shape index (κ1) is 16.6. The summed E-state index contributed by atoms with van der Waals surface area (Å²) >= 11 is 5.54. The lowest BCUT2D eigenvalue weighted by Crippen LogP contribution is -2.22. The molecule has 0 bridgehead atoms. The molecule has 0 aliphatic rings. The second kappa shape index (κ2) is 6.83. The van der Waals surface area contributed by atoms with Crippen molar-refractivity contribution >= 4 is 28.8 Å². The van der Waals surface area contributed by atoms with E-state index < -0.39 is 11.7 Å². The van der Waals surface area contributed by atoms with Crippen molar-refractivity contribution in [3.8, 4) is 0 Å². The summed E-state index contributed by atoms with van der Waals surface area (Å²) in [5.74, 6) is 0.0490. The summed E-state index contributed by atoms with van der Waals surface area (Å²) in [5, 5.41) is 0. The molecule has 1 aromatic carbocycles. The molecule has 112 valence electrons. The highest BCUT2D eigenvalue weighted by molar-refractivity contribution is 6.28. The van der Waals surface area contributed by atoms with Crippen LogP contribution in [0.15, 0.2) is 23.2 Å². The van der Waals surface area contributed by atoms with Crippen molar-refractivity contribution in [3.63, 3.8) is 0 Å². The van der Waals surface area contributed by atoms with E-state index in [0.717, 1.165) is 12.1 Å². The number of halogens is 4. The van der Waals surface area contributed by atoms with Gasteiger partial charge in [-0.3, -0.25) is 0 Å². The Morgan fingerprint density at radius 1 is 1.30 bits per heavy atom. The Morgan fingerprint density at radius 3 is 2.35 bits per heavy atom. The van der Waals surface area contributed by atoms with Crippen LogP contribution in [0, 0.1) is 0 Å². The molecule has 0 aliphatic carbocycles. The zero-order valence-electron chi connectivity index (χ0n) is 11.3. The molecular formula is C13H17ClF3N3. The van der Waals surface area contributed by atoms with Crippen molar-refractivity contribution in [2.45, 2.75) is 20.0 Å². The summed E-state index contributed by atoms with van der Waals surface area (Å²) in [6.07, 6.45) is -4.41. The summed E-state index contributed by atoms with van der Waals surface area (Å²) in [6.45, 7) is 5.15. The summed E-state index contributed by atoms with van der Waals surface area (Å²) in [4.78, 5) is 5.89. The van der Waals surface area contributed by atoms with Gasteiger partial charge in [0.15, 0.2) is 0 Å². The monoisotopic (exact) mass is 307 g/mol. The fraction of sp³-hybridized carbons (Fsp3) is 0.462. The van der Waals surface area contributed by atoms with E-state index in [4.69, 9.17) is 17.3 Å². The maximum absolute atomic E-state index is 12.8. The number of alkyl halides is 4. The Hall–Kier alpha value is -1.43. The maximum atomic E-state index is 12.8. The van der Waals surface area contributed by atoms with E-state index in [2.05, 4.69) is 4.99 Å². The van der Waals surface area contributed by atoms with Gasteiger partial charge in [-0.25, -0.2) is 4.99 Å². The lowest BCUT2D eigenvalue weighted by molar-refractivity contribution is -0.137. The van der Waals surface area contributed by atoms with Crippen molar-refractivity contribution < 1.29 is 13.2 Å². The normalized spacial score (nSPS) is 12.6. The fourth-order valence-electron chi connectivity index (χ4n) is 1.81. The number of hydrogen-bond acceptors (Lipinski definition) is 2. The van der Waals surface area contributed by atoms with Crippen LogP contribution in [0.25, 0.3) is 0 Å². The van der Waals surface area contributed by atoms with Gasteiger partial charge in [0.25, 0.3) is 0 Å². The van der Waals surface area contributed by atoms with Gasteiger partial charge < -0.3 is 10.6 Å². The number of amidine groups is 1. The number of hydrogen-bond donors (Lipinski definition) is 1. The number of aliphatic imine (C=N–C) groups is 1. The Balaban J connectivity index is 3.37. The van der Waals surface area contributed by atoms with Crippen LogP contribution in [0.1, 0.15) is 19.4 Å². The van der Waals surface area contributed by atoms with Crippen LogP contribution in [-0.4, -0.2) is 24.8 Å². The molecule has 0 heterocycles. The average molecular weight is 308 g/mol. The van der Waals surface area contributed by atoms with Gasteiger partial charge in [0.2, 0.25) is 0 Å². The fourth-order valence-corrected chi connectivity index (χ4v) is 1.87. The number of nitrogens with zero attached hydrogens (tertiary/aromatic N) is 2. The minimum atomic E-state index is -4.41. The summed E-state index contributed by atoms with van der Waals surface area (Å²) in [5.41, 5.74) is 5.57. The second-order valence-electron chi connectivity index (χ2n) is 4.11. The molecule has 0 aliphatic heterocycles. The predicted octanol–water partition coefficient (Wildman–Crippen LogP) is 3.78. The van der Waals surface area contributed by atoms with Crippen LogP contribution >= 0.6 is 11.6 Å². The SMILES string of the molecule is CCN(CC)c1ccc(C(F)(F)F)cc1N=C(N)CCl. The second-order valence-corrected chi connectivity index (χ2v) is 4.38. The van der Waals surface area contributed by atoms with E-state index in [9.17, 15) is 13.2 Å². The predicted molar refractivity (Wildman–Crippen MR) is 77.0 cm³/mol. The zero-order chi connectivity index (χ0) is 15.3. The first-order valence-electron chi connectivity index (χ1n) is 6.18. The first-order valence-corrected chi connectivity index (χ1v) is 6.72. The van der Waals surface area contributed by atoms with Crippen LogP contribution in [0.2, 0.25) is 0 Å². The largest absolute Gasteiger partial charge is 0.416 e. The van der Waals surface area contributed by atoms with E-state index in [1.807, 2.05) is 18.7 Å². The quantitative estimate of drug-likeness (QED) is 0.511. The van der Waals surface area contributed by atoms with Crippen molar-refractivity contribution in [3.05, 3.63) is 23.8 Å². The Morgan fingerprint density at radius 2 is 1.90 bits per heavy atom.